The highest BCUT2D eigenvalue weighted by Gasteiger charge is 2.19. The highest BCUT2D eigenvalue weighted by molar-refractivity contribution is 9.10. The van der Waals surface area contributed by atoms with Crippen LogP contribution in [-0.4, -0.2) is 27.4 Å². The van der Waals surface area contributed by atoms with Crippen molar-refractivity contribution >= 4 is 15.9 Å². The highest BCUT2D eigenvalue weighted by atomic mass is 79.9. The van der Waals surface area contributed by atoms with Gasteiger partial charge in [0.15, 0.2) is 11.5 Å². The van der Waals surface area contributed by atoms with Crippen molar-refractivity contribution < 1.29 is 14.2 Å². The molecule has 0 saturated heterocycles. The van der Waals surface area contributed by atoms with Crippen molar-refractivity contribution in [2.24, 2.45) is 5.73 Å². The molecular formula is C12H18BrNO3. The molecule has 96 valence electrons. The van der Waals surface area contributed by atoms with Crippen LogP contribution < -0.4 is 19.9 Å². The first-order chi connectivity index (χ1) is 8.04. The number of hydrogen-bond acceptors (Lipinski definition) is 4. The summed E-state index contributed by atoms with van der Waals surface area (Å²) in [6.45, 7) is 1.95. The van der Waals surface area contributed by atoms with E-state index in [4.69, 9.17) is 19.9 Å². The minimum Gasteiger partial charge on any atom is -0.496 e. The van der Waals surface area contributed by atoms with Gasteiger partial charge in [-0.25, -0.2) is 0 Å². The Hall–Kier alpha value is -0.940. The normalized spacial score (nSPS) is 12.1. The molecule has 0 heterocycles. The van der Waals surface area contributed by atoms with Crippen LogP contribution in [0.5, 0.6) is 17.2 Å². The van der Waals surface area contributed by atoms with Crippen LogP contribution in [0.3, 0.4) is 0 Å². The SMILES string of the molecule is COc1cc(OC)c(OC)c(Br)c1CC(C)N. The minimum absolute atomic E-state index is 0.0401. The largest absolute Gasteiger partial charge is 0.496 e. The molecular weight excluding hydrogens is 286 g/mol. The van der Waals surface area contributed by atoms with Crippen LogP contribution in [0.2, 0.25) is 0 Å². The monoisotopic (exact) mass is 303 g/mol. The Balaban J connectivity index is 3.35. The fourth-order valence-electron chi connectivity index (χ4n) is 1.66. The van der Waals surface area contributed by atoms with Crippen molar-refractivity contribution in [3.05, 3.63) is 16.1 Å². The Morgan fingerprint density at radius 1 is 1.18 bits per heavy atom. The second kappa shape index (κ2) is 6.12. The Morgan fingerprint density at radius 3 is 2.18 bits per heavy atom. The molecule has 0 spiro atoms. The number of benzene rings is 1. The standard InChI is InChI=1S/C12H18BrNO3/c1-7(14)5-8-9(15-2)6-10(16-3)12(17-4)11(8)13/h6-7H,5,14H2,1-4H3. The lowest BCUT2D eigenvalue weighted by molar-refractivity contribution is 0.345. The smallest absolute Gasteiger partial charge is 0.175 e. The fourth-order valence-corrected chi connectivity index (χ4v) is 2.38. The van der Waals surface area contributed by atoms with Crippen LogP contribution in [0.1, 0.15) is 12.5 Å². The molecule has 4 nitrogen and oxygen atoms in total. The summed E-state index contributed by atoms with van der Waals surface area (Å²) in [5.74, 6) is 2.03. The molecule has 0 fully saturated rings. The van der Waals surface area contributed by atoms with E-state index >= 15 is 0 Å². The summed E-state index contributed by atoms with van der Waals surface area (Å²) in [4.78, 5) is 0. The summed E-state index contributed by atoms with van der Waals surface area (Å²) < 4.78 is 16.7. The molecule has 0 radical (unpaired) electrons. The second-order valence-corrected chi connectivity index (χ2v) is 4.58. The molecule has 1 unspecified atom stereocenters. The van der Waals surface area contributed by atoms with Gasteiger partial charge in [0.05, 0.1) is 25.8 Å². The third kappa shape index (κ3) is 3.04. The zero-order valence-electron chi connectivity index (χ0n) is 10.5. The maximum absolute atomic E-state index is 5.83. The van der Waals surface area contributed by atoms with Crippen LogP contribution in [0.25, 0.3) is 0 Å². The van der Waals surface area contributed by atoms with Crippen LogP contribution >= 0.6 is 15.9 Å². The van der Waals surface area contributed by atoms with Gasteiger partial charge in [-0.2, -0.15) is 0 Å². The molecule has 0 saturated carbocycles. The Morgan fingerprint density at radius 2 is 1.76 bits per heavy atom. The molecule has 1 atom stereocenters. The van der Waals surface area contributed by atoms with Crippen LogP contribution in [0.15, 0.2) is 10.5 Å². The van der Waals surface area contributed by atoms with Gasteiger partial charge in [-0.15, -0.1) is 0 Å². The van der Waals surface area contributed by atoms with Gasteiger partial charge in [-0.3, -0.25) is 0 Å². The lowest BCUT2D eigenvalue weighted by Gasteiger charge is -2.18. The lowest BCUT2D eigenvalue weighted by atomic mass is 10.1. The molecule has 0 aliphatic rings. The van der Waals surface area contributed by atoms with E-state index < -0.39 is 0 Å². The van der Waals surface area contributed by atoms with E-state index in [-0.39, 0.29) is 6.04 Å². The van der Waals surface area contributed by atoms with Gasteiger partial charge in [0.2, 0.25) is 0 Å². The van der Waals surface area contributed by atoms with Crippen molar-refractivity contribution in [1.29, 1.82) is 0 Å². The zero-order chi connectivity index (χ0) is 13.0. The van der Waals surface area contributed by atoms with E-state index in [1.807, 2.05) is 6.92 Å². The summed E-state index contributed by atoms with van der Waals surface area (Å²) in [6, 6.07) is 1.85. The Kier molecular flexibility index (Phi) is 5.08. The first-order valence-corrected chi connectivity index (χ1v) is 6.07. The second-order valence-electron chi connectivity index (χ2n) is 3.79. The van der Waals surface area contributed by atoms with E-state index in [1.54, 1.807) is 27.4 Å². The van der Waals surface area contributed by atoms with E-state index in [0.29, 0.717) is 17.9 Å². The zero-order valence-corrected chi connectivity index (χ0v) is 12.1. The van der Waals surface area contributed by atoms with Crippen molar-refractivity contribution in [3.8, 4) is 17.2 Å². The molecule has 2 N–H and O–H groups in total. The minimum atomic E-state index is 0.0401. The molecule has 5 heteroatoms. The van der Waals surface area contributed by atoms with Gasteiger partial charge >= 0.3 is 0 Å². The van der Waals surface area contributed by atoms with E-state index in [9.17, 15) is 0 Å². The summed E-state index contributed by atoms with van der Waals surface area (Å²) in [7, 11) is 4.82. The van der Waals surface area contributed by atoms with Crippen LogP contribution in [0.4, 0.5) is 0 Å². The predicted molar refractivity (Wildman–Crippen MR) is 71.2 cm³/mol. The summed E-state index contributed by atoms with van der Waals surface area (Å²) in [5.41, 5.74) is 6.82. The van der Waals surface area contributed by atoms with Crippen LogP contribution in [-0.2, 0) is 6.42 Å². The summed E-state index contributed by atoms with van der Waals surface area (Å²) in [6.07, 6.45) is 0.699. The lowest BCUT2D eigenvalue weighted by Crippen LogP contribution is -2.18. The average Bonchev–Trinajstić information content (AvgIpc) is 2.30. The number of rotatable bonds is 5. The summed E-state index contributed by atoms with van der Waals surface area (Å²) in [5, 5.41) is 0. The fraction of sp³-hybridized carbons (Fsp3) is 0.500. The van der Waals surface area contributed by atoms with Crippen LogP contribution in [0, 0.1) is 0 Å². The number of ether oxygens (including phenoxy) is 3. The predicted octanol–water partition coefficient (Wildman–Crippen LogP) is 2.36. The summed E-state index contributed by atoms with van der Waals surface area (Å²) >= 11 is 3.51. The maximum atomic E-state index is 5.83. The first-order valence-electron chi connectivity index (χ1n) is 5.28. The van der Waals surface area contributed by atoms with E-state index in [2.05, 4.69) is 15.9 Å². The van der Waals surface area contributed by atoms with E-state index in [0.717, 1.165) is 15.8 Å². The quantitative estimate of drug-likeness (QED) is 0.907. The molecule has 0 aliphatic carbocycles. The maximum Gasteiger partial charge on any atom is 0.175 e. The first kappa shape index (κ1) is 14.1. The van der Waals surface area contributed by atoms with Gasteiger partial charge in [0, 0.05) is 17.7 Å². The molecule has 0 aromatic heterocycles. The van der Waals surface area contributed by atoms with Crippen molar-refractivity contribution in [3.63, 3.8) is 0 Å². The number of halogens is 1. The number of nitrogens with two attached hydrogens (primary N) is 1. The molecule has 0 aliphatic heterocycles. The number of methoxy groups -OCH3 is 3. The third-order valence-corrected chi connectivity index (χ3v) is 3.26. The van der Waals surface area contributed by atoms with Gasteiger partial charge in [-0.05, 0) is 29.3 Å². The van der Waals surface area contributed by atoms with Crippen molar-refractivity contribution in [1.82, 2.24) is 0 Å². The van der Waals surface area contributed by atoms with E-state index in [1.165, 1.54) is 0 Å². The van der Waals surface area contributed by atoms with Crippen molar-refractivity contribution in [2.45, 2.75) is 19.4 Å². The average molecular weight is 304 g/mol. The van der Waals surface area contributed by atoms with Crippen molar-refractivity contribution in [2.75, 3.05) is 21.3 Å². The third-order valence-electron chi connectivity index (χ3n) is 2.42. The van der Waals surface area contributed by atoms with Gasteiger partial charge in [0.1, 0.15) is 5.75 Å². The van der Waals surface area contributed by atoms with Gasteiger partial charge in [-0.1, -0.05) is 0 Å². The molecule has 1 aromatic rings. The molecule has 0 amide bonds. The molecule has 1 aromatic carbocycles. The molecule has 17 heavy (non-hydrogen) atoms. The Labute approximate surface area is 110 Å². The number of hydrogen-bond donors (Lipinski definition) is 1. The molecule has 1 rings (SSSR count). The van der Waals surface area contributed by atoms with Gasteiger partial charge in [0.25, 0.3) is 0 Å². The molecule has 0 bridgehead atoms. The Bertz CT molecular complexity index is 394. The topological polar surface area (TPSA) is 53.7 Å². The highest BCUT2D eigenvalue weighted by Crippen LogP contribution is 2.43. The van der Waals surface area contributed by atoms with Gasteiger partial charge < -0.3 is 19.9 Å².